The molecular weight excluding hydrogens is 256 g/mol. The van der Waals surface area contributed by atoms with Crippen molar-refractivity contribution in [2.45, 2.75) is 19.6 Å². The van der Waals surface area contributed by atoms with E-state index in [1.165, 1.54) is 0 Å². The Hall–Kier alpha value is -2.15. The highest BCUT2D eigenvalue weighted by Crippen LogP contribution is 2.16. The lowest BCUT2D eigenvalue weighted by Gasteiger charge is -2.27. The minimum atomic E-state index is -0.0821. The number of amides is 1. The summed E-state index contributed by atoms with van der Waals surface area (Å²) in [4.78, 5) is 22.7. The number of nitrogens with one attached hydrogen (secondary N) is 1. The van der Waals surface area contributed by atoms with E-state index in [9.17, 15) is 4.79 Å². The van der Waals surface area contributed by atoms with Gasteiger partial charge in [-0.15, -0.1) is 0 Å². The quantitative estimate of drug-likeness (QED) is 0.855. The molecule has 1 aliphatic rings. The summed E-state index contributed by atoms with van der Waals surface area (Å²) in [5, 5.41) is 2.65. The van der Waals surface area contributed by atoms with Gasteiger partial charge in [0.25, 0.3) is 5.91 Å². The van der Waals surface area contributed by atoms with E-state index in [4.69, 9.17) is 0 Å². The van der Waals surface area contributed by atoms with Gasteiger partial charge in [0.2, 0.25) is 0 Å². The predicted molar refractivity (Wildman–Crippen MR) is 72.9 cm³/mol. The number of aromatic nitrogens is 4. The highest BCUT2D eigenvalue weighted by atomic mass is 16.1. The first-order valence-corrected chi connectivity index (χ1v) is 6.64. The van der Waals surface area contributed by atoms with Gasteiger partial charge in [-0.05, 0) is 0 Å². The molecule has 0 saturated heterocycles. The zero-order chi connectivity index (χ0) is 14.1. The minimum absolute atomic E-state index is 0.0821. The molecule has 0 saturated carbocycles. The Labute approximate surface area is 117 Å². The number of rotatable bonds is 3. The molecule has 3 heterocycles. The maximum atomic E-state index is 11.7. The molecule has 2 aromatic heterocycles. The van der Waals surface area contributed by atoms with Crippen molar-refractivity contribution in [2.75, 3.05) is 13.6 Å². The molecule has 0 unspecified atom stereocenters. The van der Waals surface area contributed by atoms with Crippen LogP contribution >= 0.6 is 0 Å². The van der Waals surface area contributed by atoms with Crippen LogP contribution in [0.1, 0.15) is 22.1 Å². The van der Waals surface area contributed by atoms with Crippen molar-refractivity contribution in [1.29, 1.82) is 0 Å². The lowest BCUT2D eigenvalue weighted by Crippen LogP contribution is -2.35. The summed E-state index contributed by atoms with van der Waals surface area (Å²) >= 11 is 0. The van der Waals surface area contributed by atoms with Crippen LogP contribution in [0.15, 0.2) is 18.6 Å². The summed E-state index contributed by atoms with van der Waals surface area (Å²) < 4.78 is 4.02. The zero-order valence-corrected chi connectivity index (χ0v) is 11.7. The number of aryl methyl sites for hydroxylation is 1. The van der Waals surface area contributed by atoms with Crippen molar-refractivity contribution in [2.24, 2.45) is 7.05 Å². The fourth-order valence-electron chi connectivity index (χ4n) is 2.50. The topological polar surface area (TPSA) is 68.0 Å². The summed E-state index contributed by atoms with van der Waals surface area (Å²) in [7, 11) is 3.63. The molecule has 20 heavy (non-hydrogen) atoms. The van der Waals surface area contributed by atoms with Crippen LogP contribution in [-0.4, -0.2) is 43.5 Å². The fourth-order valence-corrected chi connectivity index (χ4v) is 2.50. The van der Waals surface area contributed by atoms with Crippen LogP contribution in [0.4, 0.5) is 0 Å². The molecule has 7 nitrogen and oxygen atoms in total. The second kappa shape index (κ2) is 5.09. The standard InChI is InChI=1S/C13H18N6O/c1-14-13(20)10-7-16-12-9-18(5-6-19(10)12)8-11-15-3-4-17(11)2/h3-4,7H,5-6,8-9H2,1-2H3,(H,14,20). The summed E-state index contributed by atoms with van der Waals surface area (Å²) in [5.74, 6) is 1.89. The molecule has 0 atom stereocenters. The third kappa shape index (κ3) is 2.20. The summed E-state index contributed by atoms with van der Waals surface area (Å²) in [6, 6.07) is 0. The fraction of sp³-hybridized carbons (Fsp3) is 0.462. The van der Waals surface area contributed by atoms with Gasteiger partial charge >= 0.3 is 0 Å². The number of carbonyl (C=O) groups is 1. The molecule has 1 N–H and O–H groups in total. The molecule has 106 valence electrons. The van der Waals surface area contributed by atoms with Crippen molar-refractivity contribution >= 4 is 5.91 Å². The first-order valence-electron chi connectivity index (χ1n) is 6.64. The summed E-state index contributed by atoms with van der Waals surface area (Å²) in [6.45, 7) is 3.21. The molecule has 0 spiro atoms. The average Bonchev–Trinajstić information content (AvgIpc) is 3.05. The number of hydrogen-bond donors (Lipinski definition) is 1. The zero-order valence-electron chi connectivity index (χ0n) is 11.7. The number of nitrogens with zero attached hydrogens (tertiary/aromatic N) is 5. The largest absolute Gasteiger partial charge is 0.354 e. The molecule has 0 radical (unpaired) electrons. The minimum Gasteiger partial charge on any atom is -0.354 e. The maximum absolute atomic E-state index is 11.7. The first kappa shape index (κ1) is 12.9. The summed E-state index contributed by atoms with van der Waals surface area (Å²) in [6.07, 6.45) is 5.41. The normalized spacial score (nSPS) is 15.1. The average molecular weight is 274 g/mol. The van der Waals surface area contributed by atoms with Gasteiger partial charge in [-0.2, -0.15) is 0 Å². The third-order valence-corrected chi connectivity index (χ3v) is 3.69. The van der Waals surface area contributed by atoms with Crippen molar-refractivity contribution in [1.82, 2.24) is 29.3 Å². The Bertz CT molecular complexity index is 629. The molecular formula is C13H18N6O. The Kier molecular flexibility index (Phi) is 3.27. The molecule has 0 aliphatic carbocycles. The number of imidazole rings is 2. The van der Waals surface area contributed by atoms with Crippen LogP contribution in [-0.2, 0) is 26.7 Å². The lowest BCUT2D eigenvalue weighted by molar-refractivity contribution is 0.0949. The molecule has 3 rings (SSSR count). The van der Waals surface area contributed by atoms with Gasteiger partial charge in [0.15, 0.2) is 0 Å². The van der Waals surface area contributed by atoms with Gasteiger partial charge in [-0.25, -0.2) is 9.97 Å². The summed E-state index contributed by atoms with van der Waals surface area (Å²) in [5.41, 5.74) is 0.638. The Morgan fingerprint density at radius 2 is 2.25 bits per heavy atom. The van der Waals surface area contributed by atoms with Crippen LogP contribution in [0.5, 0.6) is 0 Å². The molecule has 1 aliphatic heterocycles. The first-order chi connectivity index (χ1) is 9.69. The lowest BCUT2D eigenvalue weighted by atomic mass is 10.3. The number of fused-ring (bicyclic) bond motifs is 1. The van der Waals surface area contributed by atoms with Crippen molar-refractivity contribution in [3.8, 4) is 0 Å². The van der Waals surface area contributed by atoms with Crippen molar-refractivity contribution in [3.63, 3.8) is 0 Å². The van der Waals surface area contributed by atoms with E-state index >= 15 is 0 Å². The van der Waals surface area contributed by atoms with Crippen LogP contribution in [0.2, 0.25) is 0 Å². The predicted octanol–water partition coefficient (Wildman–Crippen LogP) is -0.00800. The van der Waals surface area contributed by atoms with Crippen LogP contribution in [0.3, 0.4) is 0 Å². The molecule has 1 amide bonds. The van der Waals surface area contributed by atoms with Gasteiger partial charge in [-0.1, -0.05) is 0 Å². The van der Waals surface area contributed by atoms with Gasteiger partial charge in [0.05, 0.1) is 19.3 Å². The van der Waals surface area contributed by atoms with Crippen molar-refractivity contribution in [3.05, 3.63) is 35.9 Å². The molecule has 0 aromatic carbocycles. The van der Waals surface area contributed by atoms with E-state index < -0.39 is 0 Å². The van der Waals surface area contributed by atoms with E-state index in [0.29, 0.717) is 5.69 Å². The van der Waals surface area contributed by atoms with Gasteiger partial charge < -0.3 is 14.5 Å². The van der Waals surface area contributed by atoms with E-state index in [-0.39, 0.29) is 5.91 Å². The van der Waals surface area contributed by atoms with E-state index in [0.717, 1.165) is 37.8 Å². The SMILES string of the molecule is CNC(=O)c1cnc2n1CCN(Cc1nccn1C)C2. The van der Waals surface area contributed by atoms with E-state index in [1.54, 1.807) is 13.2 Å². The van der Waals surface area contributed by atoms with Crippen LogP contribution in [0, 0.1) is 0 Å². The Morgan fingerprint density at radius 1 is 1.40 bits per heavy atom. The van der Waals surface area contributed by atoms with Gasteiger partial charge in [0, 0.05) is 39.6 Å². The smallest absolute Gasteiger partial charge is 0.269 e. The molecule has 2 aromatic rings. The van der Waals surface area contributed by atoms with Crippen molar-refractivity contribution < 1.29 is 4.79 Å². The van der Waals surface area contributed by atoms with E-state index in [1.807, 2.05) is 28.6 Å². The van der Waals surface area contributed by atoms with E-state index in [2.05, 4.69) is 20.2 Å². The molecule has 7 heteroatoms. The van der Waals surface area contributed by atoms with Crippen LogP contribution < -0.4 is 5.32 Å². The highest BCUT2D eigenvalue weighted by Gasteiger charge is 2.22. The van der Waals surface area contributed by atoms with Gasteiger partial charge in [-0.3, -0.25) is 9.69 Å². The highest BCUT2D eigenvalue weighted by molar-refractivity contribution is 5.92. The third-order valence-electron chi connectivity index (χ3n) is 3.69. The second-order valence-corrected chi connectivity index (χ2v) is 4.96. The molecule has 0 fully saturated rings. The monoisotopic (exact) mass is 274 g/mol. The second-order valence-electron chi connectivity index (χ2n) is 4.96. The molecule has 0 bridgehead atoms. The maximum Gasteiger partial charge on any atom is 0.269 e. The Balaban J connectivity index is 1.75. The number of hydrogen-bond acceptors (Lipinski definition) is 4. The Morgan fingerprint density at radius 3 is 2.95 bits per heavy atom. The van der Waals surface area contributed by atoms with Gasteiger partial charge in [0.1, 0.15) is 17.3 Å². The number of carbonyl (C=O) groups excluding carboxylic acids is 1. The van der Waals surface area contributed by atoms with Crippen LogP contribution in [0.25, 0.3) is 0 Å².